The maximum atomic E-state index is 9.85. The Balaban J connectivity index is 2.55. The molecule has 1 aromatic heterocycles. The highest BCUT2D eigenvalue weighted by Gasteiger charge is 2.27. The third-order valence-electron chi connectivity index (χ3n) is 2.37. The van der Waals surface area contributed by atoms with Gasteiger partial charge in [0, 0.05) is 17.3 Å². The predicted molar refractivity (Wildman–Crippen MR) is 56.9 cm³/mol. The highest BCUT2D eigenvalue weighted by atomic mass is 16.3. The molecular formula is C9H11N5O2. The maximum absolute atomic E-state index is 9.85. The lowest BCUT2D eigenvalue weighted by molar-refractivity contribution is 0.0499. The van der Waals surface area contributed by atoms with Crippen molar-refractivity contribution in [3.8, 4) is 5.75 Å². The number of aliphatic hydroxyl groups is 1. The van der Waals surface area contributed by atoms with Gasteiger partial charge in [0.1, 0.15) is 5.75 Å². The molecule has 2 heterocycles. The van der Waals surface area contributed by atoms with Crippen LogP contribution < -0.4 is 5.73 Å². The van der Waals surface area contributed by atoms with E-state index < -0.39 is 6.23 Å². The predicted octanol–water partition coefficient (Wildman–Crippen LogP) is -0.371. The van der Waals surface area contributed by atoms with Crippen LogP contribution in [0.5, 0.6) is 5.75 Å². The molecule has 2 rings (SSSR count). The molecule has 16 heavy (non-hydrogen) atoms. The Kier molecular flexibility index (Phi) is 2.24. The Morgan fingerprint density at radius 2 is 2.31 bits per heavy atom. The summed E-state index contributed by atoms with van der Waals surface area (Å²) in [7, 11) is 0. The van der Waals surface area contributed by atoms with E-state index in [4.69, 9.17) is 11.1 Å². The second kappa shape index (κ2) is 3.46. The molecule has 1 unspecified atom stereocenters. The molecule has 1 aromatic rings. The summed E-state index contributed by atoms with van der Waals surface area (Å²) in [6.07, 6.45) is 1.57. The maximum Gasteiger partial charge on any atom is 0.212 e. The molecule has 0 aromatic carbocycles. The minimum Gasteiger partial charge on any atom is -0.505 e. The van der Waals surface area contributed by atoms with Crippen LogP contribution in [0.1, 0.15) is 23.0 Å². The van der Waals surface area contributed by atoms with E-state index in [1.165, 1.54) is 12.4 Å². The van der Waals surface area contributed by atoms with E-state index in [1.54, 1.807) is 6.92 Å². The van der Waals surface area contributed by atoms with Crippen LogP contribution in [0.15, 0.2) is 11.3 Å². The van der Waals surface area contributed by atoms with Crippen molar-refractivity contribution in [3.63, 3.8) is 0 Å². The van der Waals surface area contributed by atoms with Gasteiger partial charge in [-0.3, -0.25) is 10.4 Å². The summed E-state index contributed by atoms with van der Waals surface area (Å²) in [5, 5.41) is 31.5. The number of pyridine rings is 1. The van der Waals surface area contributed by atoms with Gasteiger partial charge in [0.25, 0.3) is 0 Å². The number of guanidine groups is 1. The summed E-state index contributed by atoms with van der Waals surface area (Å²) in [5.41, 5.74) is 6.46. The lowest BCUT2D eigenvalue weighted by atomic mass is 10.1. The van der Waals surface area contributed by atoms with Gasteiger partial charge in [-0.15, -0.1) is 0 Å². The number of fused-ring (bicyclic) bond motifs is 1. The molecular weight excluding hydrogens is 210 g/mol. The lowest BCUT2D eigenvalue weighted by Gasteiger charge is -2.27. The topological polar surface area (TPSA) is 119 Å². The number of aryl methyl sites for hydroxylation is 1. The molecule has 0 radical (unpaired) electrons. The fraction of sp³-hybridized carbons (Fsp3) is 0.222. The van der Waals surface area contributed by atoms with Crippen molar-refractivity contribution in [3.05, 3.63) is 23.0 Å². The number of rotatable bonds is 0. The molecule has 1 aliphatic heterocycles. The molecule has 7 heteroatoms. The monoisotopic (exact) mass is 221 g/mol. The zero-order valence-electron chi connectivity index (χ0n) is 8.55. The zero-order valence-corrected chi connectivity index (χ0v) is 8.55. The average molecular weight is 221 g/mol. The Labute approximate surface area is 91.3 Å². The fourth-order valence-electron chi connectivity index (χ4n) is 1.48. The summed E-state index contributed by atoms with van der Waals surface area (Å²) in [5.74, 6) is -0.405. The van der Waals surface area contributed by atoms with Crippen LogP contribution in [-0.4, -0.2) is 32.4 Å². The smallest absolute Gasteiger partial charge is 0.212 e. The van der Waals surface area contributed by atoms with E-state index in [2.05, 4.69) is 10.1 Å². The van der Waals surface area contributed by atoms with E-state index >= 15 is 0 Å². The first-order valence-electron chi connectivity index (χ1n) is 4.56. The van der Waals surface area contributed by atoms with Gasteiger partial charge in [-0.25, -0.2) is 5.01 Å². The first-order chi connectivity index (χ1) is 7.52. The fourth-order valence-corrected chi connectivity index (χ4v) is 1.48. The van der Waals surface area contributed by atoms with Gasteiger partial charge < -0.3 is 15.9 Å². The van der Waals surface area contributed by atoms with Crippen molar-refractivity contribution in [1.29, 1.82) is 5.41 Å². The van der Waals surface area contributed by atoms with E-state index in [-0.39, 0.29) is 11.7 Å². The highest BCUT2D eigenvalue weighted by Crippen LogP contribution is 2.30. The summed E-state index contributed by atoms with van der Waals surface area (Å²) >= 11 is 0. The Morgan fingerprint density at radius 3 is 2.94 bits per heavy atom. The molecule has 7 nitrogen and oxygen atoms in total. The van der Waals surface area contributed by atoms with Crippen molar-refractivity contribution in [2.45, 2.75) is 13.2 Å². The lowest BCUT2D eigenvalue weighted by Crippen LogP contribution is -2.37. The normalized spacial score (nSPS) is 18.4. The zero-order chi connectivity index (χ0) is 11.9. The number of hydrogen-bond acceptors (Lipinski definition) is 5. The van der Waals surface area contributed by atoms with Gasteiger partial charge >= 0.3 is 0 Å². The Bertz CT molecular complexity index is 485. The first kappa shape index (κ1) is 10.4. The van der Waals surface area contributed by atoms with Gasteiger partial charge in [0.15, 0.2) is 6.23 Å². The quantitative estimate of drug-likeness (QED) is 0.352. The molecule has 5 N–H and O–H groups in total. The van der Waals surface area contributed by atoms with E-state index in [9.17, 15) is 10.2 Å². The van der Waals surface area contributed by atoms with E-state index in [1.807, 2.05) is 0 Å². The van der Waals surface area contributed by atoms with Crippen molar-refractivity contribution in [2.75, 3.05) is 0 Å². The van der Waals surface area contributed by atoms with Gasteiger partial charge in [-0.1, -0.05) is 0 Å². The van der Waals surface area contributed by atoms with E-state index in [0.717, 1.165) is 5.01 Å². The number of aromatic nitrogens is 1. The van der Waals surface area contributed by atoms with Crippen molar-refractivity contribution < 1.29 is 10.2 Å². The number of nitrogens with one attached hydrogen (secondary N) is 1. The molecule has 1 aliphatic rings. The summed E-state index contributed by atoms with van der Waals surface area (Å²) in [4.78, 5) is 3.93. The molecule has 84 valence electrons. The minimum absolute atomic E-state index is 0.0245. The third kappa shape index (κ3) is 1.38. The molecule has 0 saturated carbocycles. The number of hydrazone groups is 1. The highest BCUT2D eigenvalue weighted by molar-refractivity contribution is 5.89. The van der Waals surface area contributed by atoms with Crippen LogP contribution in [0.4, 0.5) is 0 Å². The van der Waals surface area contributed by atoms with Crippen LogP contribution in [0.3, 0.4) is 0 Å². The summed E-state index contributed by atoms with van der Waals surface area (Å²) in [6.45, 7) is 1.65. The van der Waals surface area contributed by atoms with E-state index in [0.29, 0.717) is 16.8 Å². The van der Waals surface area contributed by atoms with Gasteiger partial charge in [-0.05, 0) is 6.92 Å². The van der Waals surface area contributed by atoms with Crippen LogP contribution in [-0.2, 0) is 0 Å². The second-order valence-electron chi connectivity index (χ2n) is 3.41. The summed E-state index contributed by atoms with van der Waals surface area (Å²) in [6, 6.07) is 0. The molecule has 0 saturated heterocycles. The van der Waals surface area contributed by atoms with Crippen LogP contribution in [0.2, 0.25) is 0 Å². The van der Waals surface area contributed by atoms with Gasteiger partial charge in [0.2, 0.25) is 5.96 Å². The number of nitrogens with two attached hydrogens (primary N) is 1. The molecule has 0 bridgehead atoms. The van der Waals surface area contributed by atoms with Crippen LogP contribution in [0.25, 0.3) is 0 Å². The van der Waals surface area contributed by atoms with Crippen molar-refractivity contribution >= 4 is 12.2 Å². The molecule has 1 atom stereocenters. The van der Waals surface area contributed by atoms with Gasteiger partial charge in [0.05, 0.1) is 11.9 Å². The summed E-state index contributed by atoms with van der Waals surface area (Å²) < 4.78 is 0. The SMILES string of the molecule is Cc1ncc2c(c1O)C=NN(C(=N)N)C2O. The van der Waals surface area contributed by atoms with Crippen molar-refractivity contribution in [1.82, 2.24) is 9.99 Å². The number of aromatic hydroxyl groups is 1. The van der Waals surface area contributed by atoms with Crippen LogP contribution in [0, 0.1) is 12.3 Å². The third-order valence-corrected chi connectivity index (χ3v) is 2.37. The standard InChI is InChI=1S/C9H11N5O2/c1-4-7(15)5-3-13-14(9(10)11)8(16)6(5)2-12-4/h2-3,8,15-16H,1H3,(H3,10,11). The number of aliphatic hydroxyl groups excluding tert-OH is 1. The van der Waals surface area contributed by atoms with Crippen LogP contribution >= 0.6 is 0 Å². The molecule has 0 amide bonds. The molecule has 0 fully saturated rings. The Hall–Kier alpha value is -2.15. The largest absolute Gasteiger partial charge is 0.505 e. The number of nitrogens with zero attached hydrogens (tertiary/aromatic N) is 3. The molecule has 0 aliphatic carbocycles. The minimum atomic E-state index is -1.20. The number of hydrogen-bond donors (Lipinski definition) is 4. The van der Waals surface area contributed by atoms with Crippen molar-refractivity contribution in [2.24, 2.45) is 10.8 Å². The Morgan fingerprint density at radius 1 is 1.62 bits per heavy atom. The van der Waals surface area contributed by atoms with Gasteiger partial charge in [-0.2, -0.15) is 5.10 Å². The molecule has 0 spiro atoms. The second-order valence-corrected chi connectivity index (χ2v) is 3.41. The first-order valence-corrected chi connectivity index (χ1v) is 4.56. The average Bonchev–Trinajstić information content (AvgIpc) is 2.23.